The lowest BCUT2D eigenvalue weighted by atomic mass is 10.1. The third-order valence-corrected chi connectivity index (χ3v) is 7.62. The number of halogens is 2. The van der Waals surface area contributed by atoms with Gasteiger partial charge in [-0.1, -0.05) is 35.9 Å². The van der Waals surface area contributed by atoms with E-state index in [0.717, 1.165) is 25.6 Å². The van der Waals surface area contributed by atoms with E-state index < -0.39 is 15.8 Å². The molecule has 0 aliphatic carbocycles. The molecule has 4 aromatic rings. The number of nitrogens with zero attached hydrogens (tertiary/aromatic N) is 2. The van der Waals surface area contributed by atoms with Crippen LogP contribution in [0, 0.1) is 12.7 Å². The van der Waals surface area contributed by atoms with E-state index in [1.807, 2.05) is 26.1 Å². The number of sulfonamides is 1. The highest BCUT2D eigenvalue weighted by Gasteiger charge is 2.24. The number of anilines is 1. The first-order chi connectivity index (χ1) is 15.3. The van der Waals surface area contributed by atoms with E-state index in [0.29, 0.717) is 12.1 Å². The molecule has 0 aliphatic heterocycles. The quantitative estimate of drug-likeness (QED) is 0.259. The van der Waals surface area contributed by atoms with Gasteiger partial charge >= 0.3 is 0 Å². The van der Waals surface area contributed by atoms with E-state index in [1.165, 1.54) is 28.6 Å². The van der Waals surface area contributed by atoms with Crippen LogP contribution < -0.4 is 4.31 Å². The molecule has 1 heterocycles. The van der Waals surface area contributed by atoms with Crippen molar-refractivity contribution in [2.75, 3.05) is 4.31 Å². The number of para-hydroxylation sites is 1. The van der Waals surface area contributed by atoms with Crippen LogP contribution in [0.2, 0.25) is 0 Å². The fourth-order valence-electron chi connectivity index (χ4n) is 3.62. The smallest absolute Gasteiger partial charge is 0.268 e. The Morgan fingerprint density at radius 2 is 1.69 bits per heavy atom. The number of fused-ring (bicyclic) bond motifs is 1. The molecule has 164 valence electrons. The van der Waals surface area contributed by atoms with E-state index in [1.54, 1.807) is 30.5 Å². The van der Waals surface area contributed by atoms with Gasteiger partial charge in [0.2, 0.25) is 0 Å². The van der Waals surface area contributed by atoms with Gasteiger partial charge in [0.1, 0.15) is 5.82 Å². The van der Waals surface area contributed by atoms with Gasteiger partial charge in [0.25, 0.3) is 10.0 Å². The predicted octanol–water partition coefficient (Wildman–Crippen LogP) is 6.34. The Hall–Kier alpha value is -2.65. The summed E-state index contributed by atoms with van der Waals surface area (Å²) in [6.45, 7) is 1.90. The van der Waals surface area contributed by atoms with Crippen LogP contribution in [0.25, 0.3) is 10.9 Å². The Kier molecular flexibility index (Phi) is 6.39. The normalized spacial score (nSPS) is 12.3. The van der Waals surface area contributed by atoms with Gasteiger partial charge in [0.05, 0.1) is 10.6 Å². The van der Waals surface area contributed by atoms with Crippen LogP contribution in [0.15, 0.2) is 93.7 Å². The van der Waals surface area contributed by atoms with Gasteiger partial charge in [0, 0.05) is 40.3 Å². The summed E-state index contributed by atoms with van der Waals surface area (Å²) < 4.78 is 44.7. The second kappa shape index (κ2) is 9.07. The van der Waals surface area contributed by atoms with Crippen LogP contribution in [0.1, 0.15) is 11.1 Å². The van der Waals surface area contributed by atoms with Gasteiger partial charge in [0.15, 0.2) is 0 Å². The van der Waals surface area contributed by atoms with Gasteiger partial charge in [-0.15, -0.1) is 0 Å². The van der Waals surface area contributed by atoms with Crippen molar-refractivity contribution in [1.82, 2.24) is 4.57 Å². The Morgan fingerprint density at radius 3 is 2.38 bits per heavy atom. The van der Waals surface area contributed by atoms with E-state index in [4.69, 9.17) is 0 Å². The Balaban J connectivity index is 1.76. The third-order valence-electron chi connectivity index (χ3n) is 5.26. The molecule has 1 aromatic heterocycles. The average molecular weight is 560 g/mol. The summed E-state index contributed by atoms with van der Waals surface area (Å²) in [6.07, 6.45) is 4.25. The fourth-order valence-corrected chi connectivity index (χ4v) is 5.87. The Morgan fingerprint density at radius 1 is 1.03 bits per heavy atom. The largest absolute Gasteiger partial charge is 0.350 e. The number of rotatable bonds is 6. The SMILES string of the molecule is Cc1ccc(S(=O)(=O)N(/C=C(\I)Cc2cn(C)c3ccccc23)c2ccc(F)cc2)cc1. The maximum atomic E-state index is 13.5. The van der Waals surface area contributed by atoms with Crippen LogP contribution in [0.5, 0.6) is 0 Å². The zero-order valence-electron chi connectivity index (χ0n) is 17.7. The predicted molar refractivity (Wildman–Crippen MR) is 136 cm³/mol. The molecular formula is C25H22FIN2O2S. The molecule has 0 bridgehead atoms. The molecule has 0 radical (unpaired) electrons. The summed E-state index contributed by atoms with van der Waals surface area (Å²) in [5.74, 6) is -0.420. The van der Waals surface area contributed by atoms with Gasteiger partial charge in [-0.25, -0.2) is 17.1 Å². The first-order valence-electron chi connectivity index (χ1n) is 10.0. The minimum atomic E-state index is -3.88. The molecule has 0 unspecified atom stereocenters. The summed E-state index contributed by atoms with van der Waals surface area (Å²) in [5.41, 5.74) is 3.57. The van der Waals surface area contributed by atoms with Crippen LogP contribution in [0.3, 0.4) is 0 Å². The lowest BCUT2D eigenvalue weighted by Crippen LogP contribution is -2.26. The summed E-state index contributed by atoms with van der Waals surface area (Å²) in [4.78, 5) is 0.179. The lowest BCUT2D eigenvalue weighted by Gasteiger charge is -2.21. The minimum absolute atomic E-state index is 0.179. The van der Waals surface area contributed by atoms with Crippen LogP contribution in [0.4, 0.5) is 10.1 Å². The highest BCUT2D eigenvalue weighted by atomic mass is 127. The highest BCUT2D eigenvalue weighted by molar-refractivity contribution is 14.1. The molecule has 4 rings (SSSR count). The number of hydrogen-bond acceptors (Lipinski definition) is 2. The number of aryl methyl sites for hydroxylation is 2. The first kappa shape index (κ1) is 22.5. The molecule has 32 heavy (non-hydrogen) atoms. The molecule has 0 saturated carbocycles. The lowest BCUT2D eigenvalue weighted by molar-refractivity contribution is 0.595. The van der Waals surface area contributed by atoms with Gasteiger partial charge < -0.3 is 4.57 Å². The zero-order chi connectivity index (χ0) is 22.9. The van der Waals surface area contributed by atoms with Crippen molar-refractivity contribution in [1.29, 1.82) is 0 Å². The molecule has 0 spiro atoms. The first-order valence-corrected chi connectivity index (χ1v) is 12.5. The maximum Gasteiger partial charge on any atom is 0.268 e. The van der Waals surface area contributed by atoms with Crippen LogP contribution in [-0.2, 0) is 23.5 Å². The fraction of sp³-hybridized carbons (Fsp3) is 0.120. The molecule has 0 saturated heterocycles. The highest BCUT2D eigenvalue weighted by Crippen LogP contribution is 2.29. The summed E-state index contributed by atoms with van der Waals surface area (Å²) >= 11 is 2.17. The second-order valence-electron chi connectivity index (χ2n) is 7.63. The standard InChI is InChI=1S/C25H22FIN2O2S/c1-18-7-13-23(14-8-18)32(30,31)29(22-11-9-20(26)10-12-22)17-21(27)15-19-16-28(2)25-6-4-3-5-24(19)25/h3-14,16-17H,15H2,1-2H3/b21-17-. The number of hydrogen-bond donors (Lipinski definition) is 0. The van der Waals surface area contributed by atoms with Crippen molar-refractivity contribution in [2.45, 2.75) is 18.2 Å². The van der Waals surface area contributed by atoms with Crippen molar-refractivity contribution in [3.63, 3.8) is 0 Å². The molecule has 7 heteroatoms. The monoisotopic (exact) mass is 560 g/mol. The van der Waals surface area contributed by atoms with Crippen molar-refractivity contribution in [3.05, 3.63) is 106 Å². The molecule has 4 nitrogen and oxygen atoms in total. The maximum absolute atomic E-state index is 13.5. The molecular weight excluding hydrogens is 538 g/mol. The molecule has 3 aromatic carbocycles. The van der Waals surface area contributed by atoms with Crippen molar-refractivity contribution in [3.8, 4) is 0 Å². The van der Waals surface area contributed by atoms with Crippen LogP contribution >= 0.6 is 22.6 Å². The summed E-state index contributed by atoms with van der Waals surface area (Å²) in [5, 5.41) is 1.13. The van der Waals surface area contributed by atoms with Gasteiger partial charge in [-0.2, -0.15) is 0 Å². The summed E-state index contributed by atoms with van der Waals surface area (Å²) in [7, 11) is -1.89. The molecule has 0 fully saturated rings. The van der Waals surface area contributed by atoms with E-state index in [9.17, 15) is 12.8 Å². The topological polar surface area (TPSA) is 42.3 Å². The minimum Gasteiger partial charge on any atom is -0.350 e. The third kappa shape index (κ3) is 4.59. The summed E-state index contributed by atoms with van der Waals surface area (Å²) in [6, 6.07) is 20.3. The molecule has 0 aliphatic rings. The second-order valence-corrected chi connectivity index (χ2v) is 10.8. The van der Waals surface area contributed by atoms with E-state index in [-0.39, 0.29) is 4.90 Å². The van der Waals surface area contributed by atoms with Gasteiger partial charge in [-0.05, 0) is 77.5 Å². The number of aromatic nitrogens is 1. The van der Waals surface area contributed by atoms with E-state index >= 15 is 0 Å². The van der Waals surface area contributed by atoms with Gasteiger partial charge in [-0.3, -0.25) is 0 Å². The van der Waals surface area contributed by atoms with Crippen molar-refractivity contribution in [2.24, 2.45) is 7.05 Å². The zero-order valence-corrected chi connectivity index (χ0v) is 20.6. The van der Waals surface area contributed by atoms with Crippen molar-refractivity contribution >= 4 is 49.2 Å². The Labute approximate surface area is 201 Å². The molecule has 0 N–H and O–H groups in total. The van der Waals surface area contributed by atoms with E-state index in [2.05, 4.69) is 45.5 Å². The Bertz CT molecular complexity index is 1390. The van der Waals surface area contributed by atoms with Crippen molar-refractivity contribution < 1.29 is 12.8 Å². The molecule has 0 amide bonds. The average Bonchev–Trinajstić information content (AvgIpc) is 3.08. The number of benzene rings is 3. The number of allylic oxidation sites excluding steroid dienone is 1. The molecule has 0 atom stereocenters. The van der Waals surface area contributed by atoms with Crippen LogP contribution in [-0.4, -0.2) is 13.0 Å².